The minimum absolute atomic E-state index is 0.0462. The van der Waals surface area contributed by atoms with Crippen LogP contribution >= 0.6 is 11.6 Å². The van der Waals surface area contributed by atoms with Crippen molar-refractivity contribution in [3.05, 3.63) is 58.6 Å². The van der Waals surface area contributed by atoms with Crippen LogP contribution in [0.2, 0.25) is 5.02 Å². The van der Waals surface area contributed by atoms with Gasteiger partial charge in [-0.15, -0.1) is 0 Å². The predicted octanol–water partition coefficient (Wildman–Crippen LogP) is 3.97. The summed E-state index contributed by atoms with van der Waals surface area (Å²) in [6.45, 7) is 2.49. The summed E-state index contributed by atoms with van der Waals surface area (Å²) in [5.41, 5.74) is 2.94. The van der Waals surface area contributed by atoms with Crippen molar-refractivity contribution in [3.8, 4) is 0 Å². The fraction of sp³-hybridized carbons (Fsp3) is 0.316. The Kier molecular flexibility index (Phi) is 5.53. The third-order valence-corrected chi connectivity index (χ3v) is 5.82. The Bertz CT molecular complexity index is 928. The highest BCUT2D eigenvalue weighted by Crippen LogP contribution is 2.31. The van der Waals surface area contributed by atoms with E-state index in [1.807, 2.05) is 13.0 Å². The summed E-state index contributed by atoms with van der Waals surface area (Å²) in [7, 11) is -3.59. The second kappa shape index (κ2) is 7.68. The van der Waals surface area contributed by atoms with E-state index in [9.17, 15) is 13.2 Å². The second-order valence-electron chi connectivity index (χ2n) is 6.34. The molecule has 0 atom stereocenters. The van der Waals surface area contributed by atoms with Crippen LogP contribution < -0.4 is 9.62 Å². The number of anilines is 2. The normalized spacial score (nSPS) is 14.0. The van der Waals surface area contributed by atoms with Crippen LogP contribution in [0.1, 0.15) is 30.9 Å². The molecule has 7 heteroatoms. The first-order valence-corrected chi connectivity index (χ1v) is 10.6. The van der Waals surface area contributed by atoms with E-state index in [1.54, 1.807) is 41.3 Å². The molecule has 1 aliphatic rings. The Morgan fingerprint density at radius 2 is 2.04 bits per heavy atom. The zero-order valence-corrected chi connectivity index (χ0v) is 16.1. The number of nitrogens with one attached hydrogen (secondary N) is 1. The Hall–Kier alpha value is -2.05. The first kappa shape index (κ1) is 18.7. The average molecular weight is 393 g/mol. The molecule has 1 N–H and O–H groups in total. The van der Waals surface area contributed by atoms with Gasteiger partial charge in [-0.25, -0.2) is 8.42 Å². The summed E-state index contributed by atoms with van der Waals surface area (Å²) < 4.78 is 27.6. The number of fused-ring (bicyclic) bond motifs is 1. The number of carbonyl (C=O) groups excluding carboxylic acids is 1. The van der Waals surface area contributed by atoms with Crippen molar-refractivity contribution >= 4 is 38.9 Å². The molecule has 0 unspecified atom stereocenters. The van der Waals surface area contributed by atoms with E-state index in [-0.39, 0.29) is 11.7 Å². The number of hydrogen-bond donors (Lipinski definition) is 1. The fourth-order valence-electron chi connectivity index (χ4n) is 3.15. The average Bonchev–Trinajstić information content (AvgIpc) is 2.59. The van der Waals surface area contributed by atoms with Crippen LogP contribution in [0.25, 0.3) is 0 Å². The number of rotatable bonds is 5. The van der Waals surface area contributed by atoms with Gasteiger partial charge in [0.25, 0.3) is 0 Å². The third-order valence-electron chi connectivity index (χ3n) is 4.33. The van der Waals surface area contributed by atoms with Gasteiger partial charge >= 0.3 is 0 Å². The molecule has 0 fully saturated rings. The van der Waals surface area contributed by atoms with E-state index in [1.165, 1.54) is 0 Å². The van der Waals surface area contributed by atoms with Gasteiger partial charge in [0, 0.05) is 23.7 Å². The molecular formula is C19H21ClN2O3S. The second-order valence-corrected chi connectivity index (χ2v) is 8.50. The molecule has 0 aliphatic carbocycles. The van der Waals surface area contributed by atoms with E-state index in [4.69, 9.17) is 11.6 Å². The van der Waals surface area contributed by atoms with E-state index in [0.29, 0.717) is 29.2 Å². The van der Waals surface area contributed by atoms with Gasteiger partial charge in [-0.3, -0.25) is 9.52 Å². The molecule has 0 radical (unpaired) electrons. The molecule has 1 amide bonds. The maximum Gasteiger partial charge on any atom is 0.236 e. The van der Waals surface area contributed by atoms with Crippen molar-refractivity contribution in [1.29, 1.82) is 0 Å². The van der Waals surface area contributed by atoms with Crippen molar-refractivity contribution in [3.63, 3.8) is 0 Å². The fourth-order valence-corrected chi connectivity index (χ4v) is 4.54. The summed E-state index contributed by atoms with van der Waals surface area (Å²) in [4.78, 5) is 13.9. The molecule has 0 saturated heterocycles. The van der Waals surface area contributed by atoms with E-state index in [2.05, 4.69) is 4.72 Å². The van der Waals surface area contributed by atoms with E-state index < -0.39 is 10.0 Å². The predicted molar refractivity (Wildman–Crippen MR) is 105 cm³/mol. The smallest absolute Gasteiger partial charge is 0.236 e. The molecule has 0 spiro atoms. The number of benzene rings is 2. The lowest BCUT2D eigenvalue weighted by Gasteiger charge is -2.29. The van der Waals surface area contributed by atoms with Gasteiger partial charge in [0.1, 0.15) is 0 Å². The van der Waals surface area contributed by atoms with Crippen LogP contribution in [0.5, 0.6) is 0 Å². The van der Waals surface area contributed by atoms with Crippen molar-refractivity contribution in [2.45, 2.75) is 31.9 Å². The van der Waals surface area contributed by atoms with Gasteiger partial charge < -0.3 is 4.90 Å². The standard InChI is InChI=1S/C19H21ClN2O3S/c1-2-19(23)22-10-4-6-15-8-9-17(12-18(15)22)21-26(24,25)13-14-5-3-7-16(20)11-14/h3,5,7-9,11-12,21H,2,4,6,10,13H2,1H3. The van der Waals surface area contributed by atoms with Crippen LogP contribution in [0.15, 0.2) is 42.5 Å². The molecule has 0 saturated carbocycles. The van der Waals surface area contributed by atoms with E-state index in [0.717, 1.165) is 24.1 Å². The van der Waals surface area contributed by atoms with Gasteiger partial charge in [-0.2, -0.15) is 0 Å². The zero-order valence-electron chi connectivity index (χ0n) is 14.5. The Labute approximate surface area is 159 Å². The Balaban J connectivity index is 1.83. The maximum atomic E-state index is 12.5. The molecule has 26 heavy (non-hydrogen) atoms. The van der Waals surface area contributed by atoms with Crippen LogP contribution in [0.4, 0.5) is 11.4 Å². The lowest BCUT2D eigenvalue weighted by Crippen LogP contribution is -2.35. The highest BCUT2D eigenvalue weighted by Gasteiger charge is 2.22. The van der Waals surface area contributed by atoms with E-state index >= 15 is 0 Å². The van der Waals surface area contributed by atoms with Crippen molar-refractivity contribution in [2.24, 2.45) is 0 Å². The number of aryl methyl sites for hydroxylation is 1. The zero-order chi connectivity index (χ0) is 18.7. The van der Waals surface area contributed by atoms with Crippen LogP contribution in [-0.2, 0) is 27.0 Å². The lowest BCUT2D eigenvalue weighted by molar-refractivity contribution is -0.118. The number of halogens is 1. The lowest BCUT2D eigenvalue weighted by atomic mass is 10.0. The first-order chi connectivity index (χ1) is 12.4. The summed E-state index contributed by atoms with van der Waals surface area (Å²) in [5, 5.41) is 0.500. The minimum Gasteiger partial charge on any atom is -0.312 e. The van der Waals surface area contributed by atoms with Crippen molar-refractivity contribution in [1.82, 2.24) is 0 Å². The summed E-state index contributed by atoms with van der Waals surface area (Å²) in [6, 6.07) is 12.2. The van der Waals surface area contributed by atoms with Crippen molar-refractivity contribution in [2.75, 3.05) is 16.2 Å². The van der Waals surface area contributed by atoms with Gasteiger partial charge in [0.15, 0.2) is 0 Å². The van der Waals surface area contributed by atoms with Crippen LogP contribution in [0.3, 0.4) is 0 Å². The highest BCUT2D eigenvalue weighted by atomic mass is 35.5. The Morgan fingerprint density at radius 1 is 1.23 bits per heavy atom. The van der Waals surface area contributed by atoms with Gasteiger partial charge in [-0.05, 0) is 48.2 Å². The summed E-state index contributed by atoms with van der Waals surface area (Å²) in [6.07, 6.45) is 2.22. The Morgan fingerprint density at radius 3 is 2.77 bits per heavy atom. The first-order valence-electron chi connectivity index (χ1n) is 8.56. The number of carbonyl (C=O) groups is 1. The highest BCUT2D eigenvalue weighted by molar-refractivity contribution is 7.91. The number of amides is 1. The van der Waals surface area contributed by atoms with Crippen LogP contribution in [0, 0.1) is 0 Å². The molecule has 1 heterocycles. The molecule has 0 bridgehead atoms. The van der Waals surface area contributed by atoms with Gasteiger partial charge in [0.05, 0.1) is 11.4 Å². The third kappa shape index (κ3) is 4.37. The number of nitrogens with zero attached hydrogens (tertiary/aromatic N) is 1. The van der Waals surface area contributed by atoms with Gasteiger partial charge in [-0.1, -0.05) is 36.7 Å². The monoisotopic (exact) mass is 392 g/mol. The molecule has 1 aliphatic heterocycles. The summed E-state index contributed by atoms with van der Waals surface area (Å²) >= 11 is 5.92. The van der Waals surface area contributed by atoms with Crippen molar-refractivity contribution < 1.29 is 13.2 Å². The molecule has 2 aromatic carbocycles. The SMILES string of the molecule is CCC(=O)N1CCCc2ccc(NS(=O)(=O)Cc3cccc(Cl)c3)cc21. The molecule has 3 rings (SSSR count). The molecule has 138 valence electrons. The molecule has 5 nitrogen and oxygen atoms in total. The summed E-state index contributed by atoms with van der Waals surface area (Å²) in [5.74, 6) is -0.118. The maximum absolute atomic E-state index is 12.5. The number of sulfonamides is 1. The molecule has 2 aromatic rings. The van der Waals surface area contributed by atoms with Gasteiger partial charge in [0.2, 0.25) is 15.9 Å². The molecule has 0 aromatic heterocycles. The quantitative estimate of drug-likeness (QED) is 0.837. The van der Waals surface area contributed by atoms with Crippen LogP contribution in [-0.4, -0.2) is 20.9 Å². The number of hydrogen-bond acceptors (Lipinski definition) is 3. The molecular weight excluding hydrogens is 372 g/mol. The minimum atomic E-state index is -3.59. The topological polar surface area (TPSA) is 66.5 Å². The largest absolute Gasteiger partial charge is 0.312 e.